The Labute approximate surface area is 186 Å². The molecule has 9 heteroatoms. The number of anilines is 3. The molecule has 5 nitrogen and oxygen atoms in total. The van der Waals surface area contributed by atoms with Crippen LogP contribution in [-0.4, -0.2) is 25.0 Å². The maximum absolute atomic E-state index is 13.6. The van der Waals surface area contributed by atoms with Gasteiger partial charge in [-0.05, 0) is 36.4 Å². The van der Waals surface area contributed by atoms with Crippen molar-refractivity contribution in [3.8, 4) is 0 Å². The first-order chi connectivity index (χ1) is 15.4. The first-order valence-electron chi connectivity index (χ1n) is 9.66. The molecule has 0 aromatic heterocycles. The fourth-order valence-corrected chi connectivity index (χ4v) is 4.35. The van der Waals surface area contributed by atoms with Crippen LogP contribution in [-0.2, 0) is 14.3 Å². The van der Waals surface area contributed by atoms with Crippen LogP contribution in [0, 0.1) is 17.5 Å². The van der Waals surface area contributed by atoms with Crippen LogP contribution in [0.15, 0.2) is 70.5 Å². The molecule has 0 bridgehead atoms. The van der Waals surface area contributed by atoms with Crippen molar-refractivity contribution >= 4 is 40.7 Å². The van der Waals surface area contributed by atoms with E-state index in [0.717, 1.165) is 27.2 Å². The summed E-state index contributed by atoms with van der Waals surface area (Å²) < 4.78 is 44.8. The van der Waals surface area contributed by atoms with Crippen molar-refractivity contribution in [2.75, 3.05) is 23.4 Å². The predicted molar refractivity (Wildman–Crippen MR) is 115 cm³/mol. The second kappa shape index (κ2) is 9.35. The maximum atomic E-state index is 13.6. The number of benzene rings is 3. The summed E-state index contributed by atoms with van der Waals surface area (Å²) >= 11 is 1.65. The van der Waals surface area contributed by atoms with Gasteiger partial charge in [-0.1, -0.05) is 36.0 Å². The van der Waals surface area contributed by atoms with Crippen LogP contribution in [0.3, 0.4) is 0 Å². The first-order valence-corrected chi connectivity index (χ1v) is 10.5. The van der Waals surface area contributed by atoms with Gasteiger partial charge in [-0.15, -0.1) is 0 Å². The zero-order chi connectivity index (χ0) is 22.7. The molecule has 0 saturated heterocycles. The summed E-state index contributed by atoms with van der Waals surface area (Å²) in [7, 11) is 0. The Kier molecular flexibility index (Phi) is 6.36. The number of esters is 1. The molecule has 1 aliphatic heterocycles. The summed E-state index contributed by atoms with van der Waals surface area (Å²) in [5.74, 6) is -6.08. The summed E-state index contributed by atoms with van der Waals surface area (Å²) in [6, 6.07) is 17.2. The van der Waals surface area contributed by atoms with E-state index < -0.39 is 41.6 Å². The lowest BCUT2D eigenvalue weighted by atomic mass is 10.2. The summed E-state index contributed by atoms with van der Waals surface area (Å²) in [6.07, 6.45) is 0.000152. The van der Waals surface area contributed by atoms with Crippen molar-refractivity contribution in [3.63, 3.8) is 0 Å². The van der Waals surface area contributed by atoms with E-state index in [2.05, 4.69) is 5.32 Å². The van der Waals surface area contributed by atoms with Gasteiger partial charge in [-0.2, -0.15) is 0 Å². The molecule has 1 amide bonds. The first kappa shape index (κ1) is 21.8. The van der Waals surface area contributed by atoms with E-state index >= 15 is 0 Å². The third kappa shape index (κ3) is 4.57. The molecular formula is C23H17F3N2O3S. The van der Waals surface area contributed by atoms with E-state index in [1.807, 2.05) is 53.4 Å². The second-order valence-corrected chi connectivity index (χ2v) is 7.95. The fourth-order valence-electron chi connectivity index (χ4n) is 3.25. The topological polar surface area (TPSA) is 58.6 Å². The van der Waals surface area contributed by atoms with Crippen LogP contribution >= 0.6 is 11.8 Å². The minimum absolute atomic E-state index is 0.000152. The number of carbonyl (C=O) groups is 2. The van der Waals surface area contributed by atoms with Crippen molar-refractivity contribution in [2.45, 2.75) is 16.2 Å². The molecule has 0 unspecified atom stereocenters. The number of nitrogens with one attached hydrogen (secondary N) is 1. The summed E-state index contributed by atoms with van der Waals surface area (Å²) in [6.45, 7) is -0.354. The molecule has 0 spiro atoms. The van der Waals surface area contributed by atoms with Crippen LogP contribution in [0.25, 0.3) is 0 Å². The third-order valence-corrected chi connectivity index (χ3v) is 5.88. The average molecular weight is 458 g/mol. The quantitative estimate of drug-likeness (QED) is 0.402. The van der Waals surface area contributed by atoms with Crippen LogP contribution in [0.5, 0.6) is 0 Å². The number of rotatable bonds is 6. The van der Waals surface area contributed by atoms with Crippen LogP contribution < -0.4 is 10.2 Å². The number of para-hydroxylation sites is 2. The van der Waals surface area contributed by atoms with Gasteiger partial charge in [0.05, 0.1) is 23.5 Å². The Balaban J connectivity index is 1.35. The number of carbonyl (C=O) groups excluding carboxylic acids is 2. The number of halogens is 3. The highest BCUT2D eigenvalue weighted by atomic mass is 32.2. The molecule has 0 atom stereocenters. The number of hydrogen-bond acceptors (Lipinski definition) is 5. The summed E-state index contributed by atoms with van der Waals surface area (Å²) in [5, 5.41) is 2.05. The highest BCUT2D eigenvalue weighted by Crippen LogP contribution is 2.47. The van der Waals surface area contributed by atoms with E-state index in [0.29, 0.717) is 12.6 Å². The highest BCUT2D eigenvalue weighted by molar-refractivity contribution is 7.99. The lowest BCUT2D eigenvalue weighted by Gasteiger charge is -2.32. The highest BCUT2D eigenvalue weighted by Gasteiger charge is 2.23. The van der Waals surface area contributed by atoms with Crippen molar-refractivity contribution < 1.29 is 27.5 Å². The number of ether oxygens (including phenoxy) is 1. The molecule has 32 heavy (non-hydrogen) atoms. The molecule has 4 rings (SSSR count). The smallest absolute Gasteiger partial charge is 0.308 e. The SMILES string of the molecule is O=C(COC(=O)CCN1c2ccccc2Sc2ccccc21)Nc1ccc(F)c(F)c1F. The van der Waals surface area contributed by atoms with E-state index in [1.54, 1.807) is 11.8 Å². The van der Waals surface area contributed by atoms with E-state index in [9.17, 15) is 22.8 Å². The number of hydrogen-bond donors (Lipinski definition) is 1. The van der Waals surface area contributed by atoms with E-state index in [4.69, 9.17) is 4.74 Å². The minimum Gasteiger partial charge on any atom is -0.456 e. The van der Waals surface area contributed by atoms with Gasteiger partial charge >= 0.3 is 5.97 Å². The lowest BCUT2D eigenvalue weighted by molar-refractivity contribution is -0.147. The zero-order valence-corrected chi connectivity index (χ0v) is 17.4. The van der Waals surface area contributed by atoms with Crippen LogP contribution in [0.1, 0.15) is 6.42 Å². The van der Waals surface area contributed by atoms with E-state index in [-0.39, 0.29) is 6.42 Å². The molecular weight excluding hydrogens is 441 g/mol. The molecule has 0 saturated carbocycles. The molecule has 0 radical (unpaired) electrons. The molecule has 3 aromatic rings. The number of amides is 1. The predicted octanol–water partition coefficient (Wildman–Crippen LogP) is 5.28. The molecule has 1 N–H and O–H groups in total. The third-order valence-electron chi connectivity index (χ3n) is 4.75. The molecule has 0 fully saturated rings. The zero-order valence-electron chi connectivity index (χ0n) is 16.6. The largest absolute Gasteiger partial charge is 0.456 e. The number of nitrogens with zero attached hydrogens (tertiary/aromatic N) is 1. The van der Waals surface area contributed by atoms with E-state index in [1.165, 1.54) is 0 Å². The van der Waals surface area contributed by atoms with Gasteiger partial charge < -0.3 is 15.0 Å². The minimum atomic E-state index is -1.69. The summed E-state index contributed by atoms with van der Waals surface area (Å²) in [4.78, 5) is 28.3. The van der Waals surface area contributed by atoms with Crippen LogP contribution in [0.2, 0.25) is 0 Å². The number of fused-ring (bicyclic) bond motifs is 2. The van der Waals surface area contributed by atoms with Crippen molar-refractivity contribution in [1.82, 2.24) is 0 Å². The molecule has 0 aliphatic carbocycles. The van der Waals surface area contributed by atoms with Gasteiger partial charge in [-0.3, -0.25) is 9.59 Å². The maximum Gasteiger partial charge on any atom is 0.308 e. The Morgan fingerprint density at radius 3 is 2.16 bits per heavy atom. The standard InChI is InChI=1S/C23H17F3N2O3S/c24-14-9-10-15(23(26)22(14)25)27-20(29)13-31-21(30)11-12-28-16-5-1-3-7-18(16)32-19-8-4-2-6-17(19)28/h1-10H,11-13H2,(H,27,29). The van der Waals surface area contributed by atoms with Gasteiger partial charge in [0.15, 0.2) is 24.1 Å². The Morgan fingerprint density at radius 1 is 0.875 bits per heavy atom. The van der Waals surface area contributed by atoms with Crippen molar-refractivity contribution in [2.24, 2.45) is 0 Å². The average Bonchev–Trinajstić information content (AvgIpc) is 2.80. The van der Waals surface area contributed by atoms with Gasteiger partial charge in [0.25, 0.3) is 5.91 Å². The monoisotopic (exact) mass is 458 g/mol. The Hall–Kier alpha value is -3.46. The Bertz CT molecular complexity index is 1140. The Morgan fingerprint density at radius 2 is 1.50 bits per heavy atom. The van der Waals surface area contributed by atoms with Crippen molar-refractivity contribution in [3.05, 3.63) is 78.1 Å². The second-order valence-electron chi connectivity index (χ2n) is 6.87. The molecule has 3 aromatic carbocycles. The van der Waals surface area contributed by atoms with Gasteiger partial charge in [0, 0.05) is 16.3 Å². The van der Waals surface area contributed by atoms with Gasteiger partial charge in [-0.25, -0.2) is 13.2 Å². The van der Waals surface area contributed by atoms with Crippen LogP contribution in [0.4, 0.5) is 30.2 Å². The molecule has 164 valence electrons. The lowest BCUT2D eigenvalue weighted by Crippen LogP contribution is -2.26. The summed E-state index contributed by atoms with van der Waals surface area (Å²) in [5.41, 5.74) is 1.40. The van der Waals surface area contributed by atoms with Crippen molar-refractivity contribution in [1.29, 1.82) is 0 Å². The van der Waals surface area contributed by atoms with Gasteiger partial charge in [0.2, 0.25) is 0 Å². The fraction of sp³-hybridized carbons (Fsp3) is 0.130. The normalized spacial score (nSPS) is 12.0. The van der Waals surface area contributed by atoms with Gasteiger partial charge in [0.1, 0.15) is 0 Å². The molecule has 1 aliphatic rings. The molecule has 1 heterocycles.